The third kappa shape index (κ3) is 19.3. The average molecular weight is 1140 g/mol. The van der Waals surface area contributed by atoms with Crippen molar-refractivity contribution < 1.29 is 91.8 Å². The third-order valence-corrected chi connectivity index (χ3v) is 13.4. The van der Waals surface area contributed by atoms with Crippen molar-refractivity contribution in [2.24, 2.45) is 5.41 Å². The van der Waals surface area contributed by atoms with Crippen LogP contribution in [0.4, 0.5) is 24.0 Å². The van der Waals surface area contributed by atoms with E-state index >= 15 is 0 Å². The molecule has 26 nitrogen and oxygen atoms in total. The number of nitrogens with one attached hydrogen (secondary N) is 5. The third-order valence-electron chi connectivity index (χ3n) is 13.4. The van der Waals surface area contributed by atoms with Gasteiger partial charge in [-0.25, -0.2) is 24.0 Å². The number of carbonyl (C=O) groups is 6. The highest BCUT2D eigenvalue weighted by atomic mass is 16.7. The van der Waals surface area contributed by atoms with Crippen LogP contribution in [0.3, 0.4) is 0 Å². The van der Waals surface area contributed by atoms with E-state index in [9.17, 15) is 49.2 Å². The number of alkyl carbamates (subject to hydrolysis) is 3. The summed E-state index contributed by atoms with van der Waals surface area (Å²) in [5, 5.41) is 63.0. The van der Waals surface area contributed by atoms with Crippen LogP contribution >= 0.6 is 0 Å². The van der Waals surface area contributed by atoms with Gasteiger partial charge in [-0.2, -0.15) is 0 Å². The van der Waals surface area contributed by atoms with Crippen LogP contribution in [0, 0.1) is 5.41 Å². The molecule has 5 rings (SSSR count). The van der Waals surface area contributed by atoms with Gasteiger partial charge in [0.25, 0.3) is 5.91 Å². The molecule has 3 aliphatic heterocycles. The van der Waals surface area contributed by atoms with Gasteiger partial charge in [-0.3, -0.25) is 4.79 Å². The second-order valence-electron chi connectivity index (χ2n) is 27.1. The van der Waals surface area contributed by atoms with Crippen molar-refractivity contribution in [3.05, 3.63) is 11.8 Å². The summed E-state index contributed by atoms with van der Waals surface area (Å²) in [4.78, 5) is 82.9. The van der Waals surface area contributed by atoms with Crippen molar-refractivity contribution in [2.75, 3.05) is 46.4 Å². The molecular formula is C54H93N7O19. The van der Waals surface area contributed by atoms with Crippen LogP contribution < -0.4 is 26.6 Å². The van der Waals surface area contributed by atoms with Gasteiger partial charge in [-0.05, 0) is 143 Å². The molecule has 26 heteroatoms. The van der Waals surface area contributed by atoms with Crippen LogP contribution in [-0.2, 0) is 47.4 Å². The minimum atomic E-state index is -2.20. The molecular weight excluding hydrogens is 1050 g/mol. The lowest BCUT2D eigenvalue weighted by Gasteiger charge is -2.50. The molecule has 0 spiro atoms. The van der Waals surface area contributed by atoms with Gasteiger partial charge in [0.15, 0.2) is 11.9 Å². The first-order valence-corrected chi connectivity index (χ1v) is 27.5. The first-order valence-electron chi connectivity index (χ1n) is 27.5. The lowest BCUT2D eigenvalue weighted by Crippen LogP contribution is -2.71. The normalized spacial score (nSPS) is 30.8. The molecule has 2 saturated heterocycles. The molecule has 5 aliphatic rings. The Morgan fingerprint density at radius 1 is 0.675 bits per heavy atom. The average Bonchev–Trinajstić information content (AvgIpc) is 3.92. The Bertz CT molecular complexity index is 2230. The highest BCUT2D eigenvalue weighted by Crippen LogP contribution is 2.44. The van der Waals surface area contributed by atoms with Gasteiger partial charge in [-0.15, -0.1) is 0 Å². The zero-order valence-electron chi connectivity index (χ0n) is 49.9. The number of hydrogen-bond acceptors (Lipinski definition) is 20. The molecule has 0 aromatic heterocycles. The molecule has 3 heterocycles. The van der Waals surface area contributed by atoms with Crippen molar-refractivity contribution in [1.82, 2.24) is 36.4 Å². The van der Waals surface area contributed by atoms with Gasteiger partial charge >= 0.3 is 30.5 Å². The fourth-order valence-electron chi connectivity index (χ4n) is 9.62. The summed E-state index contributed by atoms with van der Waals surface area (Å²) in [5.74, 6) is -0.613. The minimum absolute atomic E-state index is 0.0581. The van der Waals surface area contributed by atoms with E-state index in [2.05, 4.69) is 26.6 Å². The van der Waals surface area contributed by atoms with E-state index in [4.69, 9.17) is 42.6 Å². The van der Waals surface area contributed by atoms with Gasteiger partial charge in [0.05, 0.1) is 43.9 Å². The van der Waals surface area contributed by atoms with Gasteiger partial charge < -0.3 is 99.4 Å². The summed E-state index contributed by atoms with van der Waals surface area (Å²) in [6.07, 6.45) is -11.2. The van der Waals surface area contributed by atoms with Crippen molar-refractivity contribution in [1.29, 1.82) is 0 Å². The van der Waals surface area contributed by atoms with E-state index < -0.39 is 150 Å². The van der Waals surface area contributed by atoms with Gasteiger partial charge in [0.2, 0.25) is 6.29 Å². The molecule has 1 unspecified atom stereocenters. The quantitative estimate of drug-likeness (QED) is 0.106. The Balaban J connectivity index is 1.51. The molecule has 12 atom stereocenters. The van der Waals surface area contributed by atoms with Gasteiger partial charge in [0.1, 0.15) is 63.8 Å². The number of aliphatic hydroxyl groups is 4. The van der Waals surface area contributed by atoms with E-state index in [1.807, 2.05) is 0 Å². The summed E-state index contributed by atoms with van der Waals surface area (Å²) in [5.41, 5.74) is -8.79. The largest absolute Gasteiger partial charge is 0.466 e. The lowest BCUT2D eigenvalue weighted by molar-refractivity contribution is -0.311. The molecule has 0 bridgehead atoms. The van der Waals surface area contributed by atoms with E-state index in [1.165, 1.54) is 18.9 Å². The van der Waals surface area contributed by atoms with Gasteiger partial charge in [-0.1, -0.05) is 0 Å². The molecule has 80 heavy (non-hydrogen) atoms. The predicted molar refractivity (Wildman–Crippen MR) is 286 cm³/mol. The van der Waals surface area contributed by atoms with Crippen LogP contribution in [0.1, 0.15) is 143 Å². The van der Waals surface area contributed by atoms with Crippen LogP contribution in [0.25, 0.3) is 0 Å². The molecule has 6 amide bonds. The molecule has 0 radical (unpaired) electrons. The fourth-order valence-corrected chi connectivity index (χ4v) is 9.62. The van der Waals surface area contributed by atoms with Crippen LogP contribution in [-0.4, -0.2) is 213 Å². The summed E-state index contributed by atoms with van der Waals surface area (Å²) >= 11 is 0. The number of nitrogens with zero attached hydrogens (tertiary/aromatic N) is 2. The summed E-state index contributed by atoms with van der Waals surface area (Å²) in [6, 6.07) is -5.12. The van der Waals surface area contributed by atoms with Crippen LogP contribution in [0.2, 0.25) is 0 Å². The number of amides is 6. The number of carbonyl (C=O) groups excluding carboxylic acids is 6. The second-order valence-corrected chi connectivity index (χ2v) is 27.1. The SMILES string of the molecule is CN(C(=O)OC(C)(C)C)[C@@H]1[C@@H](O)[C@@H](O[C@@H]2[C@@H](O)[C@H](O[C@H]3OC(CNCC4(CNC(=O)OC(C)(C)C)CC4)=CC[C@H]3NC(=O)OC(C)(C)C)[C@@H](NC(=O)OC(C)(C)C)C[C@H]2NC(=O)C2(O)CCN(C(=O)OC(C)(C)C)C2)OC[C@]1(C)O. The van der Waals surface area contributed by atoms with E-state index in [-0.39, 0.29) is 37.8 Å². The fraction of sp³-hybridized carbons (Fsp3) is 0.852. The Morgan fingerprint density at radius 2 is 1.19 bits per heavy atom. The standard InChI is InChI=1S/C54H93N7O19/c1-47(2,3)76-42(65)56-27-53(20-21-53)26-55-25-30-18-19-31(58-43(66)77-48(4,5)6)39(73-30)74-37-33(59-44(67)78-49(7,8)9)24-32(57-41(64)54(71)22-23-61(28-54)46(69)80-51(13,14)15)36(34(37)62)75-40-35(63)38(52(16,70)29-72-40)60(17)45(68)79-50(10,11)12/h18,31-40,55,62-63,70-71H,19-29H2,1-17H3,(H,56,65)(H,57,64)(H,58,66)(H,59,67)/t31-,32-,33+,34-,35-,36+,37-,38-,39-,40-,52+,54?/m1/s1. The Morgan fingerprint density at radius 3 is 1.73 bits per heavy atom. The summed E-state index contributed by atoms with van der Waals surface area (Å²) < 4.78 is 53.4. The maximum atomic E-state index is 14.5. The summed E-state index contributed by atoms with van der Waals surface area (Å²) in [6.45, 7) is 26.6. The molecule has 458 valence electrons. The minimum Gasteiger partial charge on any atom is -0.466 e. The number of likely N-dealkylation sites (N-methyl/N-ethyl adjacent to an activating group) is 1. The highest BCUT2D eigenvalue weighted by Gasteiger charge is 2.56. The molecule has 9 N–H and O–H groups in total. The van der Waals surface area contributed by atoms with Crippen molar-refractivity contribution in [3.63, 3.8) is 0 Å². The topological polar surface area (TPSA) is 333 Å². The number of β-amino-alcohol motifs (C(OH)–C–C–N with tert-alkyl or cyclic N) is 1. The number of ether oxygens (including phenoxy) is 9. The first-order chi connectivity index (χ1) is 36.5. The zero-order chi connectivity index (χ0) is 60.4. The molecule has 0 aromatic rings. The van der Waals surface area contributed by atoms with E-state index in [0.717, 1.165) is 17.7 Å². The number of hydrogen-bond donors (Lipinski definition) is 9. The molecule has 0 aromatic carbocycles. The zero-order valence-corrected chi connectivity index (χ0v) is 49.9. The van der Waals surface area contributed by atoms with Crippen LogP contribution in [0.5, 0.6) is 0 Å². The molecule has 2 saturated carbocycles. The predicted octanol–water partition coefficient (Wildman–Crippen LogP) is 3.39. The second kappa shape index (κ2) is 24.9. The Labute approximate surface area is 470 Å². The lowest BCUT2D eigenvalue weighted by atomic mass is 9.82. The summed E-state index contributed by atoms with van der Waals surface area (Å²) in [7, 11) is 1.31. The van der Waals surface area contributed by atoms with Crippen molar-refractivity contribution in [3.8, 4) is 0 Å². The van der Waals surface area contributed by atoms with Gasteiger partial charge in [0, 0.05) is 38.5 Å². The van der Waals surface area contributed by atoms with Crippen molar-refractivity contribution >= 4 is 36.4 Å². The smallest absolute Gasteiger partial charge is 0.410 e. The maximum absolute atomic E-state index is 14.5. The number of rotatable bonds is 15. The highest BCUT2D eigenvalue weighted by molar-refractivity contribution is 5.87. The molecule has 4 fully saturated rings. The number of likely N-dealkylation sites (tertiary alicyclic amines) is 1. The maximum Gasteiger partial charge on any atom is 0.410 e. The Hall–Kier alpha value is -4.96. The van der Waals surface area contributed by atoms with Crippen LogP contribution in [0.15, 0.2) is 11.8 Å². The monoisotopic (exact) mass is 1140 g/mol. The first kappa shape index (κ1) is 65.8. The van der Waals surface area contributed by atoms with Crippen molar-refractivity contribution in [2.45, 2.75) is 243 Å². The number of aliphatic hydroxyl groups excluding tert-OH is 2. The van der Waals surface area contributed by atoms with E-state index in [0.29, 0.717) is 18.8 Å². The Kier molecular flexibility index (Phi) is 20.5. The van der Waals surface area contributed by atoms with E-state index in [1.54, 1.807) is 110 Å². The molecule has 2 aliphatic carbocycles.